The molecule has 2 aromatic rings. The average Bonchev–Trinajstić information content (AvgIpc) is 3.04. The molecule has 2 aromatic carbocycles. The molecule has 0 aliphatic heterocycles. The molecule has 0 aliphatic rings. The Kier molecular flexibility index (Phi) is 14.8. The van der Waals surface area contributed by atoms with Crippen LogP contribution in [0.5, 0.6) is 28.7 Å². The maximum absolute atomic E-state index is 12.5. The second-order valence-electron chi connectivity index (χ2n) is 7.83. The van der Waals surface area contributed by atoms with Crippen LogP contribution in [0.2, 0.25) is 0 Å². The van der Waals surface area contributed by atoms with E-state index in [1.165, 1.54) is 36.4 Å². The van der Waals surface area contributed by atoms with Crippen LogP contribution in [-0.2, 0) is 42.9 Å². The lowest BCUT2D eigenvalue weighted by molar-refractivity contribution is -0.150. The fourth-order valence-electron chi connectivity index (χ4n) is 2.75. The average molecular weight is 625 g/mol. The van der Waals surface area contributed by atoms with Crippen LogP contribution in [0.3, 0.4) is 0 Å². The van der Waals surface area contributed by atoms with Crippen LogP contribution in [0, 0.1) is 11.8 Å². The van der Waals surface area contributed by atoms with Crippen LogP contribution in [0.1, 0.15) is 18.9 Å². The summed E-state index contributed by atoms with van der Waals surface area (Å²) in [5.74, 6) is 1.47. The van der Waals surface area contributed by atoms with Crippen LogP contribution >= 0.6 is 0 Å². The van der Waals surface area contributed by atoms with Crippen LogP contribution < -0.4 is 23.7 Å². The molecule has 0 N–H and O–H groups in total. The second-order valence-corrected chi connectivity index (χ2v) is 7.83. The third kappa shape index (κ3) is 13.1. The van der Waals surface area contributed by atoms with Gasteiger partial charge in [0.25, 0.3) is 0 Å². The molecular formula is C31H28O14. The van der Waals surface area contributed by atoms with E-state index < -0.39 is 57.0 Å². The number of carbonyl (C=O) groups is 5. The van der Waals surface area contributed by atoms with Gasteiger partial charge in [-0.1, -0.05) is 32.6 Å². The largest absolute Gasteiger partial charge is 0.453 e. The van der Waals surface area contributed by atoms with Crippen LogP contribution in [0.4, 0.5) is 0 Å². The lowest BCUT2D eigenvalue weighted by atomic mass is 10.2. The number of benzene rings is 2. The standard InChI is InChI=1S/C31H28O14/c1-5-27(32)41-17-37-23-12-9-21(15-25(23)39-19-43-29(34)7-3)10-14-31(36)45-22-11-13-24(38-18-42-28(33)6-2)26(16-22)40-20-44-30(35)8-4/h5-6,8-9,11-13,15-16H,1-2,4,7,17-20H2,3H3. The van der Waals surface area contributed by atoms with E-state index in [4.69, 9.17) is 42.6 Å². The first-order valence-corrected chi connectivity index (χ1v) is 12.7. The first-order valence-electron chi connectivity index (χ1n) is 12.7. The molecule has 0 bridgehead atoms. The van der Waals surface area contributed by atoms with E-state index in [1.54, 1.807) is 6.92 Å². The topological polar surface area (TPSA) is 168 Å². The third-order valence-corrected chi connectivity index (χ3v) is 4.85. The van der Waals surface area contributed by atoms with Crippen LogP contribution in [-0.4, -0.2) is 57.0 Å². The van der Waals surface area contributed by atoms with Gasteiger partial charge in [0.1, 0.15) is 5.75 Å². The molecule has 0 heterocycles. The molecule has 45 heavy (non-hydrogen) atoms. The van der Waals surface area contributed by atoms with E-state index in [0.717, 1.165) is 18.2 Å². The molecule has 14 heteroatoms. The maximum atomic E-state index is 12.5. The van der Waals surface area contributed by atoms with Crippen molar-refractivity contribution in [1.82, 2.24) is 0 Å². The number of hydrogen-bond donors (Lipinski definition) is 0. The summed E-state index contributed by atoms with van der Waals surface area (Å²) in [5.41, 5.74) is 0.282. The maximum Gasteiger partial charge on any atom is 0.390 e. The minimum atomic E-state index is -0.969. The van der Waals surface area contributed by atoms with E-state index in [0.29, 0.717) is 0 Å². The molecule has 236 valence electrons. The van der Waals surface area contributed by atoms with Gasteiger partial charge in [-0.3, -0.25) is 4.79 Å². The summed E-state index contributed by atoms with van der Waals surface area (Å²) in [6.07, 6.45) is 2.98. The summed E-state index contributed by atoms with van der Waals surface area (Å²) >= 11 is 0. The smallest absolute Gasteiger partial charge is 0.390 e. The molecule has 0 unspecified atom stereocenters. The number of esters is 5. The zero-order valence-corrected chi connectivity index (χ0v) is 24.1. The Morgan fingerprint density at radius 1 is 0.644 bits per heavy atom. The van der Waals surface area contributed by atoms with Gasteiger partial charge < -0.3 is 42.6 Å². The predicted molar refractivity (Wildman–Crippen MR) is 153 cm³/mol. The zero-order chi connectivity index (χ0) is 33.0. The van der Waals surface area contributed by atoms with Crippen molar-refractivity contribution in [3.05, 3.63) is 79.9 Å². The van der Waals surface area contributed by atoms with Crippen molar-refractivity contribution in [3.63, 3.8) is 0 Å². The van der Waals surface area contributed by atoms with Crippen LogP contribution in [0.15, 0.2) is 74.4 Å². The summed E-state index contributed by atoms with van der Waals surface area (Å²) in [7, 11) is 0. The minimum Gasteiger partial charge on any atom is -0.453 e. The molecule has 0 aromatic heterocycles. The zero-order valence-electron chi connectivity index (χ0n) is 24.1. The quantitative estimate of drug-likeness (QED) is 0.0628. The first-order chi connectivity index (χ1) is 21.7. The molecule has 0 saturated heterocycles. The summed E-state index contributed by atoms with van der Waals surface area (Å²) in [5, 5.41) is 0. The highest BCUT2D eigenvalue weighted by atomic mass is 16.7. The molecule has 0 aliphatic carbocycles. The molecule has 0 atom stereocenters. The Hall–Kier alpha value is -6.23. The highest BCUT2D eigenvalue weighted by Crippen LogP contribution is 2.32. The van der Waals surface area contributed by atoms with Gasteiger partial charge in [0.05, 0.1) is 0 Å². The molecule has 0 radical (unpaired) electrons. The summed E-state index contributed by atoms with van der Waals surface area (Å²) in [6, 6.07) is 8.26. The number of rotatable bonds is 17. The van der Waals surface area contributed by atoms with Crippen molar-refractivity contribution in [2.75, 3.05) is 27.2 Å². The van der Waals surface area contributed by atoms with Crippen molar-refractivity contribution in [2.45, 2.75) is 13.3 Å². The molecule has 14 nitrogen and oxygen atoms in total. The normalized spacial score (nSPS) is 9.53. The number of ether oxygens (including phenoxy) is 9. The fraction of sp³-hybridized carbons (Fsp3) is 0.194. The molecule has 2 rings (SSSR count). The van der Waals surface area contributed by atoms with Gasteiger partial charge in [0.15, 0.2) is 23.0 Å². The van der Waals surface area contributed by atoms with Gasteiger partial charge in [-0.05, 0) is 30.3 Å². The molecule has 0 spiro atoms. The molecule has 0 fully saturated rings. The number of carbonyl (C=O) groups excluding carboxylic acids is 5. The van der Waals surface area contributed by atoms with Gasteiger partial charge in [-0.2, -0.15) is 0 Å². The number of hydrogen-bond acceptors (Lipinski definition) is 14. The van der Waals surface area contributed by atoms with Crippen molar-refractivity contribution in [1.29, 1.82) is 0 Å². The Bertz CT molecular complexity index is 1480. The van der Waals surface area contributed by atoms with Crippen molar-refractivity contribution >= 4 is 29.8 Å². The highest BCUT2D eigenvalue weighted by Gasteiger charge is 2.13. The Morgan fingerprint density at radius 3 is 1.62 bits per heavy atom. The van der Waals surface area contributed by atoms with Crippen molar-refractivity contribution in [2.24, 2.45) is 0 Å². The lowest BCUT2D eigenvalue weighted by Crippen LogP contribution is -2.11. The van der Waals surface area contributed by atoms with Gasteiger partial charge in [-0.15, -0.1) is 0 Å². The van der Waals surface area contributed by atoms with Gasteiger partial charge in [-0.25, -0.2) is 19.2 Å². The monoisotopic (exact) mass is 624 g/mol. The Balaban J connectivity index is 2.17. The fourth-order valence-corrected chi connectivity index (χ4v) is 2.75. The van der Waals surface area contributed by atoms with E-state index in [2.05, 4.69) is 31.6 Å². The third-order valence-electron chi connectivity index (χ3n) is 4.85. The minimum absolute atomic E-state index is 0.0191. The summed E-state index contributed by atoms with van der Waals surface area (Å²) in [6.45, 7) is 9.51. The predicted octanol–water partition coefficient (Wildman–Crippen LogP) is 3.13. The second kappa shape index (κ2) is 19.1. The lowest BCUT2D eigenvalue weighted by Gasteiger charge is -2.13. The SMILES string of the molecule is C=CC(=O)OCOc1ccc(OC(=O)C#Cc2ccc(OCOC(=O)C=C)c(OCOC(=O)CC)c2)cc1OCOC(=O)C=C. The van der Waals surface area contributed by atoms with E-state index in [1.807, 2.05) is 0 Å². The van der Waals surface area contributed by atoms with Gasteiger partial charge >= 0.3 is 29.8 Å². The van der Waals surface area contributed by atoms with Crippen molar-refractivity contribution < 1.29 is 66.6 Å². The summed E-state index contributed by atoms with van der Waals surface area (Å²) < 4.78 is 46.1. The van der Waals surface area contributed by atoms with E-state index in [-0.39, 0.29) is 40.7 Å². The van der Waals surface area contributed by atoms with Crippen molar-refractivity contribution in [3.8, 4) is 40.6 Å². The van der Waals surface area contributed by atoms with E-state index >= 15 is 0 Å². The highest BCUT2D eigenvalue weighted by molar-refractivity contribution is 5.91. The summed E-state index contributed by atoms with van der Waals surface area (Å²) in [4.78, 5) is 57.8. The van der Waals surface area contributed by atoms with Gasteiger partial charge in [0, 0.05) is 42.2 Å². The molecule has 0 amide bonds. The van der Waals surface area contributed by atoms with E-state index in [9.17, 15) is 24.0 Å². The van der Waals surface area contributed by atoms with Crippen LogP contribution in [0.25, 0.3) is 0 Å². The molecule has 0 saturated carbocycles. The Morgan fingerprint density at radius 2 is 1.11 bits per heavy atom. The first kappa shape index (κ1) is 35.0. The van der Waals surface area contributed by atoms with Gasteiger partial charge in [0.2, 0.25) is 27.2 Å². The Labute approximate surface area is 257 Å². The molecular weight excluding hydrogens is 596 g/mol.